The van der Waals surface area contributed by atoms with Gasteiger partial charge in [-0.15, -0.1) is 0 Å². The van der Waals surface area contributed by atoms with Crippen molar-refractivity contribution in [2.45, 2.75) is 51.4 Å². The Balaban J connectivity index is 2.00. The molecule has 0 bridgehead atoms. The summed E-state index contributed by atoms with van der Waals surface area (Å²) in [5.74, 6) is -0.219. The van der Waals surface area contributed by atoms with Crippen LogP contribution in [0, 0.1) is 0 Å². The molecule has 2 aliphatic heterocycles. The highest BCUT2D eigenvalue weighted by Gasteiger charge is 2.46. The molecule has 16 heavy (non-hydrogen) atoms. The molecule has 1 amide bonds. The highest BCUT2D eigenvalue weighted by Crippen LogP contribution is 2.30. The van der Waals surface area contributed by atoms with Crippen LogP contribution in [-0.2, 0) is 14.3 Å². The maximum Gasteiger partial charge on any atom is 0.410 e. The van der Waals surface area contributed by atoms with Gasteiger partial charge in [-0.2, -0.15) is 0 Å². The van der Waals surface area contributed by atoms with Gasteiger partial charge >= 0.3 is 12.1 Å². The van der Waals surface area contributed by atoms with Gasteiger partial charge in [0.05, 0.1) is 12.5 Å². The molecule has 0 N–H and O–H groups in total. The normalized spacial score (nSPS) is 28.9. The van der Waals surface area contributed by atoms with E-state index in [-0.39, 0.29) is 24.2 Å². The Morgan fingerprint density at radius 1 is 1.50 bits per heavy atom. The van der Waals surface area contributed by atoms with Gasteiger partial charge in [0.25, 0.3) is 0 Å². The van der Waals surface area contributed by atoms with Crippen molar-refractivity contribution in [2.75, 3.05) is 6.54 Å². The quantitative estimate of drug-likeness (QED) is 0.585. The highest BCUT2D eigenvalue weighted by molar-refractivity contribution is 5.76. The minimum atomic E-state index is -0.501. The van der Waals surface area contributed by atoms with Crippen LogP contribution in [0.25, 0.3) is 0 Å². The van der Waals surface area contributed by atoms with E-state index in [0.717, 1.165) is 6.42 Å². The summed E-state index contributed by atoms with van der Waals surface area (Å²) in [6, 6.07) is -0.123. The lowest BCUT2D eigenvalue weighted by Gasteiger charge is -2.26. The number of esters is 1. The highest BCUT2D eigenvalue weighted by atomic mass is 16.6. The van der Waals surface area contributed by atoms with Gasteiger partial charge in [0, 0.05) is 13.0 Å². The van der Waals surface area contributed by atoms with E-state index >= 15 is 0 Å². The van der Waals surface area contributed by atoms with Crippen molar-refractivity contribution in [3.05, 3.63) is 0 Å². The van der Waals surface area contributed by atoms with Crippen molar-refractivity contribution in [3.8, 4) is 0 Å². The summed E-state index contributed by atoms with van der Waals surface area (Å²) in [4.78, 5) is 24.6. The largest absolute Gasteiger partial charge is 0.460 e. The van der Waals surface area contributed by atoms with Gasteiger partial charge in [0.1, 0.15) is 11.7 Å². The zero-order valence-electron chi connectivity index (χ0n) is 9.86. The molecule has 5 nitrogen and oxygen atoms in total. The van der Waals surface area contributed by atoms with Crippen LogP contribution in [0.1, 0.15) is 33.6 Å². The molecule has 0 aromatic heterocycles. The lowest BCUT2D eigenvalue weighted by Crippen LogP contribution is -2.41. The van der Waals surface area contributed by atoms with E-state index in [4.69, 9.17) is 9.47 Å². The predicted octanol–water partition coefficient (Wildman–Crippen LogP) is 1.31. The third-order valence-corrected chi connectivity index (χ3v) is 2.77. The fourth-order valence-corrected chi connectivity index (χ4v) is 2.14. The molecule has 2 saturated heterocycles. The van der Waals surface area contributed by atoms with Gasteiger partial charge in [-0.3, -0.25) is 4.79 Å². The standard InChI is InChI=1S/C11H17NO4/c1-11(2,3)16-10(14)12-5-4-8-7(12)6-9(13)15-8/h7-8H,4-6H2,1-3H3/t7-,8-/m0/s1. The second-order valence-electron chi connectivity index (χ2n) is 5.26. The first kappa shape index (κ1) is 11.2. The van der Waals surface area contributed by atoms with Crippen LogP contribution in [0.4, 0.5) is 4.79 Å². The average molecular weight is 227 g/mol. The number of hydrogen-bond acceptors (Lipinski definition) is 4. The maximum atomic E-state index is 11.8. The monoisotopic (exact) mass is 227 g/mol. The minimum Gasteiger partial charge on any atom is -0.460 e. The fraction of sp³-hybridized carbons (Fsp3) is 0.818. The Bertz CT molecular complexity index is 320. The first-order valence-electron chi connectivity index (χ1n) is 5.56. The lowest BCUT2D eigenvalue weighted by atomic mass is 10.1. The topological polar surface area (TPSA) is 55.8 Å². The van der Waals surface area contributed by atoms with Gasteiger partial charge in [-0.1, -0.05) is 0 Å². The molecule has 2 aliphatic rings. The third-order valence-electron chi connectivity index (χ3n) is 2.77. The van der Waals surface area contributed by atoms with E-state index in [1.165, 1.54) is 0 Å². The number of carbonyl (C=O) groups excluding carboxylic acids is 2. The molecule has 2 heterocycles. The Labute approximate surface area is 94.7 Å². The summed E-state index contributed by atoms with van der Waals surface area (Å²) in [6.07, 6.45) is 0.540. The predicted molar refractivity (Wildman–Crippen MR) is 55.8 cm³/mol. The van der Waals surface area contributed by atoms with E-state index in [9.17, 15) is 9.59 Å². The number of nitrogens with zero attached hydrogens (tertiary/aromatic N) is 1. The Hall–Kier alpha value is -1.26. The molecular weight excluding hydrogens is 210 g/mol. The van der Waals surface area contributed by atoms with E-state index in [1.54, 1.807) is 4.90 Å². The van der Waals surface area contributed by atoms with Crippen LogP contribution in [0.15, 0.2) is 0 Å². The molecule has 0 saturated carbocycles. The van der Waals surface area contributed by atoms with Crippen molar-refractivity contribution in [1.29, 1.82) is 0 Å². The van der Waals surface area contributed by atoms with E-state index in [0.29, 0.717) is 13.0 Å². The van der Waals surface area contributed by atoms with Crippen LogP contribution in [-0.4, -0.2) is 41.3 Å². The molecule has 0 aromatic rings. The van der Waals surface area contributed by atoms with Crippen molar-refractivity contribution < 1.29 is 19.1 Å². The summed E-state index contributed by atoms with van der Waals surface area (Å²) in [5.41, 5.74) is -0.501. The number of carbonyl (C=O) groups is 2. The molecule has 0 radical (unpaired) electrons. The van der Waals surface area contributed by atoms with Crippen LogP contribution in [0.5, 0.6) is 0 Å². The van der Waals surface area contributed by atoms with Crippen molar-refractivity contribution in [1.82, 2.24) is 4.90 Å². The number of amides is 1. The van der Waals surface area contributed by atoms with Crippen molar-refractivity contribution >= 4 is 12.1 Å². The van der Waals surface area contributed by atoms with Crippen molar-refractivity contribution in [3.63, 3.8) is 0 Å². The van der Waals surface area contributed by atoms with Gasteiger partial charge in [-0.25, -0.2) is 4.79 Å². The van der Waals surface area contributed by atoms with Gasteiger partial charge in [-0.05, 0) is 20.8 Å². The molecule has 0 aromatic carbocycles. The van der Waals surface area contributed by atoms with Gasteiger partial charge < -0.3 is 14.4 Å². The third kappa shape index (κ3) is 2.13. The van der Waals surface area contributed by atoms with Crippen LogP contribution in [0.2, 0.25) is 0 Å². The number of likely N-dealkylation sites (tertiary alicyclic amines) is 1. The summed E-state index contributed by atoms with van der Waals surface area (Å²) in [7, 11) is 0. The Morgan fingerprint density at radius 3 is 2.81 bits per heavy atom. The molecule has 5 heteroatoms. The minimum absolute atomic E-state index is 0.123. The second kappa shape index (κ2) is 3.64. The average Bonchev–Trinajstić information content (AvgIpc) is 2.58. The van der Waals surface area contributed by atoms with Crippen LogP contribution >= 0.6 is 0 Å². The Kier molecular flexibility index (Phi) is 2.56. The summed E-state index contributed by atoms with van der Waals surface area (Å²) in [5, 5.41) is 0. The molecule has 0 unspecified atom stereocenters. The van der Waals surface area contributed by atoms with Crippen molar-refractivity contribution in [2.24, 2.45) is 0 Å². The zero-order chi connectivity index (χ0) is 11.9. The van der Waals surface area contributed by atoms with Gasteiger partial charge in [0.2, 0.25) is 0 Å². The molecule has 0 spiro atoms. The van der Waals surface area contributed by atoms with E-state index in [1.807, 2.05) is 20.8 Å². The SMILES string of the molecule is CC(C)(C)OC(=O)N1CC[C@@H]2OC(=O)C[C@@H]21. The summed E-state index contributed by atoms with van der Waals surface area (Å²) >= 11 is 0. The zero-order valence-corrected chi connectivity index (χ0v) is 9.86. The van der Waals surface area contributed by atoms with Crippen LogP contribution < -0.4 is 0 Å². The number of hydrogen-bond donors (Lipinski definition) is 0. The van der Waals surface area contributed by atoms with E-state index in [2.05, 4.69) is 0 Å². The molecule has 90 valence electrons. The lowest BCUT2D eigenvalue weighted by molar-refractivity contribution is -0.141. The number of rotatable bonds is 0. The number of ether oxygens (including phenoxy) is 2. The van der Waals surface area contributed by atoms with Crippen LogP contribution in [0.3, 0.4) is 0 Å². The van der Waals surface area contributed by atoms with Gasteiger partial charge in [0.15, 0.2) is 0 Å². The summed E-state index contributed by atoms with van der Waals surface area (Å²) in [6.45, 7) is 6.09. The fourth-order valence-electron chi connectivity index (χ4n) is 2.14. The Morgan fingerprint density at radius 2 is 2.19 bits per heavy atom. The smallest absolute Gasteiger partial charge is 0.410 e. The summed E-state index contributed by atoms with van der Waals surface area (Å²) < 4.78 is 10.4. The molecule has 0 aliphatic carbocycles. The molecule has 2 rings (SSSR count). The van der Waals surface area contributed by atoms with E-state index < -0.39 is 5.60 Å². The second-order valence-corrected chi connectivity index (χ2v) is 5.26. The molecule has 2 atom stereocenters. The molecular formula is C11H17NO4. The molecule has 2 fully saturated rings. The number of fused-ring (bicyclic) bond motifs is 1. The maximum absolute atomic E-state index is 11.8. The first-order valence-corrected chi connectivity index (χ1v) is 5.56. The first-order chi connectivity index (χ1) is 7.37.